The number of ketones is 1. The molecule has 1 aromatic heterocycles. The standard InChI is InChI=1S/C27H32N2O2/c1-6-29-27(31-16-21-12-10-17(2)11-13-21)24(15-28-29)26(30)23-14-19(4)22-9-7-8-18(3)25(22)20(23)5/h10-15,18H,6-9,16H2,1-5H3. The Hall–Kier alpha value is -2.88. The Morgan fingerprint density at radius 1 is 1.16 bits per heavy atom. The van der Waals surface area contributed by atoms with E-state index in [-0.39, 0.29) is 5.78 Å². The molecule has 1 aliphatic rings. The van der Waals surface area contributed by atoms with Crippen molar-refractivity contribution < 1.29 is 9.53 Å². The van der Waals surface area contributed by atoms with Crippen LogP contribution < -0.4 is 4.74 Å². The second-order valence-corrected chi connectivity index (χ2v) is 8.83. The Balaban J connectivity index is 1.69. The topological polar surface area (TPSA) is 44.1 Å². The summed E-state index contributed by atoms with van der Waals surface area (Å²) in [5, 5.41) is 4.43. The molecule has 0 saturated heterocycles. The molecular weight excluding hydrogens is 384 g/mol. The molecule has 1 atom stereocenters. The fourth-order valence-electron chi connectivity index (χ4n) is 4.85. The van der Waals surface area contributed by atoms with Gasteiger partial charge in [-0.05, 0) is 86.8 Å². The molecule has 0 N–H and O–H groups in total. The SMILES string of the molecule is CCn1ncc(C(=O)c2cc(C)c3c(c2C)C(C)CCC3)c1OCc1ccc(C)cc1. The molecule has 0 aliphatic heterocycles. The normalized spacial score (nSPS) is 15.6. The zero-order valence-corrected chi connectivity index (χ0v) is 19.3. The quantitative estimate of drug-likeness (QED) is 0.458. The van der Waals surface area contributed by atoms with Crippen LogP contribution in [0, 0.1) is 20.8 Å². The molecule has 1 heterocycles. The van der Waals surface area contributed by atoms with Gasteiger partial charge in [-0.15, -0.1) is 0 Å². The molecule has 0 amide bonds. The fraction of sp³-hybridized carbons (Fsp3) is 0.407. The Morgan fingerprint density at radius 3 is 2.61 bits per heavy atom. The summed E-state index contributed by atoms with van der Waals surface area (Å²) in [7, 11) is 0. The summed E-state index contributed by atoms with van der Waals surface area (Å²) in [5.74, 6) is 1.04. The number of hydrogen-bond acceptors (Lipinski definition) is 3. The summed E-state index contributed by atoms with van der Waals surface area (Å²) in [5.41, 5.74) is 8.76. The minimum atomic E-state index is -0.000204. The first-order valence-corrected chi connectivity index (χ1v) is 11.3. The number of fused-ring (bicyclic) bond motifs is 1. The van der Waals surface area contributed by atoms with Crippen LogP contribution >= 0.6 is 0 Å². The summed E-state index contributed by atoms with van der Waals surface area (Å²) in [4.78, 5) is 13.7. The zero-order valence-electron chi connectivity index (χ0n) is 19.3. The summed E-state index contributed by atoms with van der Waals surface area (Å²) < 4.78 is 7.92. The molecule has 4 rings (SSSR count). The molecule has 0 fully saturated rings. The van der Waals surface area contributed by atoms with Gasteiger partial charge >= 0.3 is 0 Å². The number of carbonyl (C=O) groups excluding carboxylic acids is 1. The van der Waals surface area contributed by atoms with Crippen molar-refractivity contribution in [2.75, 3.05) is 0 Å². The molecule has 0 saturated carbocycles. The van der Waals surface area contributed by atoms with Crippen molar-refractivity contribution in [3.63, 3.8) is 0 Å². The first kappa shape index (κ1) is 21.4. The highest BCUT2D eigenvalue weighted by atomic mass is 16.5. The number of rotatable bonds is 6. The van der Waals surface area contributed by atoms with Crippen LogP contribution in [0.25, 0.3) is 0 Å². The molecule has 0 radical (unpaired) electrons. The smallest absolute Gasteiger partial charge is 0.223 e. The number of aromatic nitrogens is 2. The third kappa shape index (κ3) is 4.04. The lowest BCUT2D eigenvalue weighted by Gasteiger charge is -2.27. The second kappa shape index (κ2) is 8.70. The number of ether oxygens (including phenoxy) is 1. The average Bonchev–Trinajstić information content (AvgIpc) is 3.18. The Kier molecular flexibility index (Phi) is 5.99. The maximum absolute atomic E-state index is 13.7. The van der Waals surface area contributed by atoms with Gasteiger partial charge in [-0.1, -0.05) is 36.8 Å². The predicted octanol–water partition coefficient (Wildman–Crippen LogP) is 6.08. The van der Waals surface area contributed by atoms with Gasteiger partial charge in [-0.25, -0.2) is 4.68 Å². The van der Waals surface area contributed by atoms with Crippen LogP contribution in [-0.2, 0) is 19.6 Å². The van der Waals surface area contributed by atoms with E-state index in [0.717, 1.165) is 23.1 Å². The van der Waals surface area contributed by atoms with E-state index in [0.29, 0.717) is 30.5 Å². The third-order valence-corrected chi connectivity index (χ3v) is 6.60. The van der Waals surface area contributed by atoms with E-state index in [2.05, 4.69) is 63.1 Å². The van der Waals surface area contributed by atoms with Crippen LogP contribution in [0.1, 0.15) is 81.9 Å². The Bertz CT molecular complexity index is 1110. The maximum atomic E-state index is 13.7. The average molecular weight is 417 g/mol. The molecule has 2 aromatic carbocycles. The van der Waals surface area contributed by atoms with E-state index in [1.54, 1.807) is 10.9 Å². The fourth-order valence-corrected chi connectivity index (χ4v) is 4.85. The number of carbonyl (C=O) groups is 1. The van der Waals surface area contributed by atoms with Crippen LogP contribution in [0.3, 0.4) is 0 Å². The van der Waals surface area contributed by atoms with Gasteiger partial charge in [0.1, 0.15) is 12.2 Å². The number of hydrogen-bond donors (Lipinski definition) is 0. The summed E-state index contributed by atoms with van der Waals surface area (Å²) in [6, 6.07) is 10.3. The van der Waals surface area contributed by atoms with E-state index in [4.69, 9.17) is 4.74 Å². The lowest BCUT2D eigenvalue weighted by Crippen LogP contribution is -2.15. The van der Waals surface area contributed by atoms with Crippen LogP contribution in [0.4, 0.5) is 0 Å². The van der Waals surface area contributed by atoms with Gasteiger partial charge in [0.05, 0.1) is 6.20 Å². The van der Waals surface area contributed by atoms with Crippen molar-refractivity contribution >= 4 is 5.78 Å². The summed E-state index contributed by atoms with van der Waals surface area (Å²) in [6.07, 6.45) is 5.18. The molecule has 4 nitrogen and oxygen atoms in total. The first-order valence-electron chi connectivity index (χ1n) is 11.3. The largest absolute Gasteiger partial charge is 0.472 e. The lowest BCUT2D eigenvalue weighted by molar-refractivity contribution is 0.103. The number of nitrogens with zero attached hydrogens (tertiary/aromatic N) is 2. The molecule has 4 heteroatoms. The molecule has 1 aliphatic carbocycles. The monoisotopic (exact) mass is 416 g/mol. The highest BCUT2D eigenvalue weighted by Crippen LogP contribution is 2.38. The maximum Gasteiger partial charge on any atom is 0.223 e. The van der Waals surface area contributed by atoms with Crippen LogP contribution in [0.5, 0.6) is 5.88 Å². The van der Waals surface area contributed by atoms with E-state index >= 15 is 0 Å². The predicted molar refractivity (Wildman–Crippen MR) is 124 cm³/mol. The van der Waals surface area contributed by atoms with Gasteiger partial charge in [0, 0.05) is 12.1 Å². The molecule has 0 bridgehead atoms. The van der Waals surface area contributed by atoms with Gasteiger partial charge in [0.25, 0.3) is 0 Å². The van der Waals surface area contributed by atoms with Crippen molar-refractivity contribution in [3.8, 4) is 5.88 Å². The Labute approximate surface area is 185 Å². The lowest BCUT2D eigenvalue weighted by atomic mass is 9.77. The Morgan fingerprint density at radius 2 is 1.90 bits per heavy atom. The zero-order chi connectivity index (χ0) is 22.1. The number of aryl methyl sites for hydroxylation is 3. The molecule has 162 valence electrons. The third-order valence-electron chi connectivity index (χ3n) is 6.60. The minimum absolute atomic E-state index is 0.000204. The molecule has 0 spiro atoms. The van der Waals surface area contributed by atoms with Crippen molar-refractivity contribution in [2.45, 2.75) is 73.0 Å². The summed E-state index contributed by atoms with van der Waals surface area (Å²) >= 11 is 0. The summed E-state index contributed by atoms with van der Waals surface area (Å²) in [6.45, 7) is 11.7. The van der Waals surface area contributed by atoms with Crippen LogP contribution in [0.2, 0.25) is 0 Å². The van der Waals surface area contributed by atoms with E-state index in [1.807, 2.05) is 6.92 Å². The van der Waals surface area contributed by atoms with Crippen LogP contribution in [0.15, 0.2) is 36.5 Å². The second-order valence-electron chi connectivity index (χ2n) is 8.83. The van der Waals surface area contributed by atoms with E-state index in [9.17, 15) is 4.79 Å². The first-order chi connectivity index (χ1) is 14.9. The van der Waals surface area contributed by atoms with Crippen LogP contribution in [-0.4, -0.2) is 15.6 Å². The van der Waals surface area contributed by atoms with Crippen molar-refractivity contribution in [1.82, 2.24) is 9.78 Å². The van der Waals surface area contributed by atoms with Gasteiger partial charge in [-0.3, -0.25) is 4.79 Å². The van der Waals surface area contributed by atoms with E-state index in [1.165, 1.54) is 35.1 Å². The van der Waals surface area contributed by atoms with Crippen molar-refractivity contribution in [2.24, 2.45) is 0 Å². The van der Waals surface area contributed by atoms with Gasteiger partial charge < -0.3 is 4.74 Å². The highest BCUT2D eigenvalue weighted by Gasteiger charge is 2.27. The van der Waals surface area contributed by atoms with Crippen molar-refractivity contribution in [3.05, 3.63) is 81.0 Å². The van der Waals surface area contributed by atoms with E-state index < -0.39 is 0 Å². The minimum Gasteiger partial charge on any atom is -0.472 e. The molecule has 31 heavy (non-hydrogen) atoms. The number of benzene rings is 2. The molecular formula is C27H32N2O2. The molecule has 1 unspecified atom stereocenters. The molecule has 3 aromatic rings. The van der Waals surface area contributed by atoms with Gasteiger partial charge in [-0.2, -0.15) is 5.10 Å². The van der Waals surface area contributed by atoms with Crippen molar-refractivity contribution in [1.29, 1.82) is 0 Å². The van der Waals surface area contributed by atoms with Gasteiger partial charge in [0.15, 0.2) is 5.78 Å². The van der Waals surface area contributed by atoms with Gasteiger partial charge in [0.2, 0.25) is 5.88 Å². The highest BCUT2D eigenvalue weighted by molar-refractivity contribution is 6.11.